The summed E-state index contributed by atoms with van der Waals surface area (Å²) in [5.41, 5.74) is 1.53. The Kier molecular flexibility index (Phi) is 8.72. The third-order valence-electron chi connectivity index (χ3n) is 5.62. The van der Waals surface area contributed by atoms with E-state index in [2.05, 4.69) is 29.0 Å². The van der Waals surface area contributed by atoms with Crippen molar-refractivity contribution in [3.63, 3.8) is 0 Å². The average Bonchev–Trinajstić information content (AvgIpc) is 3.09. The number of carbonyl (C=O) groups is 1. The summed E-state index contributed by atoms with van der Waals surface area (Å²) >= 11 is 1.57. The van der Waals surface area contributed by atoms with E-state index in [0.717, 1.165) is 44.1 Å². The summed E-state index contributed by atoms with van der Waals surface area (Å²) in [7, 11) is 0. The Bertz CT molecular complexity index is 860. The molecule has 1 saturated heterocycles. The Morgan fingerprint density at radius 2 is 2.00 bits per heavy atom. The second-order valence-electron chi connectivity index (χ2n) is 8.24. The van der Waals surface area contributed by atoms with Crippen molar-refractivity contribution in [1.82, 2.24) is 9.88 Å². The Balaban J connectivity index is 1.64. The topological polar surface area (TPSA) is 63.7 Å². The molecule has 1 fully saturated rings. The Morgan fingerprint density at radius 1 is 1.23 bits per heavy atom. The van der Waals surface area contributed by atoms with Crippen molar-refractivity contribution < 1.29 is 14.3 Å². The molecule has 1 aliphatic rings. The van der Waals surface area contributed by atoms with Crippen LogP contribution in [0.5, 0.6) is 11.5 Å². The molecule has 1 amide bonds. The van der Waals surface area contributed by atoms with E-state index >= 15 is 0 Å². The minimum absolute atomic E-state index is 0.187. The van der Waals surface area contributed by atoms with Crippen molar-refractivity contribution in [3.8, 4) is 11.5 Å². The maximum absolute atomic E-state index is 12.8. The first-order valence-corrected chi connectivity index (χ1v) is 12.2. The number of piperidine rings is 1. The molecule has 1 aromatic heterocycles. The van der Waals surface area contributed by atoms with Gasteiger partial charge in [0.25, 0.3) is 5.91 Å². The lowest BCUT2D eigenvalue weighted by molar-refractivity contribution is 0.102. The molecule has 0 spiro atoms. The van der Waals surface area contributed by atoms with Gasteiger partial charge < -0.3 is 9.47 Å². The molecule has 0 bridgehead atoms. The lowest BCUT2D eigenvalue weighted by Crippen LogP contribution is -2.32. The first kappa shape index (κ1) is 23.5. The second-order valence-corrected chi connectivity index (χ2v) is 9.32. The molecular weight excluding hydrogens is 410 g/mol. The Labute approximate surface area is 190 Å². The monoisotopic (exact) mass is 445 g/mol. The molecule has 1 N–H and O–H groups in total. The maximum Gasteiger partial charge on any atom is 0.257 e. The summed E-state index contributed by atoms with van der Waals surface area (Å²) < 4.78 is 11.5. The number of carbonyl (C=O) groups excluding carboxylic acids is 1. The van der Waals surface area contributed by atoms with Crippen molar-refractivity contribution >= 4 is 22.4 Å². The summed E-state index contributed by atoms with van der Waals surface area (Å²) in [6.45, 7) is 12.7. The van der Waals surface area contributed by atoms with E-state index in [1.165, 1.54) is 17.7 Å². The highest BCUT2D eigenvalue weighted by Gasteiger charge is 2.19. The molecule has 1 aliphatic heterocycles. The molecule has 0 saturated carbocycles. The summed E-state index contributed by atoms with van der Waals surface area (Å²) in [4.78, 5) is 21.1. The second kappa shape index (κ2) is 11.5. The normalized spacial score (nSPS) is 15.1. The van der Waals surface area contributed by atoms with Crippen LogP contribution in [0.15, 0.2) is 18.2 Å². The number of benzene rings is 1. The van der Waals surface area contributed by atoms with Gasteiger partial charge in [-0.3, -0.25) is 15.0 Å². The van der Waals surface area contributed by atoms with Gasteiger partial charge in [0.1, 0.15) is 0 Å². The van der Waals surface area contributed by atoms with Crippen LogP contribution >= 0.6 is 11.3 Å². The predicted octanol–water partition coefficient (Wildman–Crippen LogP) is 5.51. The van der Waals surface area contributed by atoms with Gasteiger partial charge in [-0.1, -0.05) is 20.3 Å². The number of anilines is 1. The fourth-order valence-corrected chi connectivity index (χ4v) is 4.58. The molecule has 2 heterocycles. The molecule has 31 heavy (non-hydrogen) atoms. The molecule has 0 aliphatic carbocycles. The van der Waals surface area contributed by atoms with Crippen LogP contribution in [0, 0.1) is 12.8 Å². The molecule has 170 valence electrons. The zero-order valence-corrected chi connectivity index (χ0v) is 20.0. The van der Waals surface area contributed by atoms with Crippen LogP contribution in [-0.2, 0) is 6.54 Å². The van der Waals surface area contributed by atoms with Gasteiger partial charge in [-0.25, -0.2) is 4.98 Å². The maximum atomic E-state index is 12.8. The molecule has 0 radical (unpaired) electrons. The van der Waals surface area contributed by atoms with E-state index in [1.54, 1.807) is 23.5 Å². The van der Waals surface area contributed by atoms with Gasteiger partial charge in [-0.15, -0.1) is 11.3 Å². The highest BCUT2D eigenvalue weighted by molar-refractivity contribution is 7.15. The number of amides is 1. The standard InChI is InChI=1S/C24H35N3O3S/c1-5-7-14-30-20-9-8-19(15-21(20)29-6-2)23(28)26-24-25-18(4)22(31-24)16-27-12-10-17(3)11-13-27/h8-9,15,17H,5-7,10-14,16H2,1-4H3,(H,25,26,28). The van der Waals surface area contributed by atoms with Gasteiger partial charge in [-0.05, 0) is 70.3 Å². The SMILES string of the molecule is CCCCOc1ccc(C(=O)Nc2nc(C)c(CN3CCC(C)CC3)s2)cc1OCC. The van der Waals surface area contributed by atoms with Crippen LogP contribution in [0.3, 0.4) is 0 Å². The number of unbranched alkanes of at least 4 members (excludes halogenated alkanes) is 1. The minimum Gasteiger partial charge on any atom is -0.490 e. The molecule has 6 nitrogen and oxygen atoms in total. The van der Waals surface area contributed by atoms with Gasteiger partial charge in [0.05, 0.1) is 18.9 Å². The highest BCUT2D eigenvalue weighted by Crippen LogP contribution is 2.30. The molecule has 2 aromatic rings. The Morgan fingerprint density at radius 3 is 2.71 bits per heavy atom. The number of aromatic nitrogens is 1. The fraction of sp³-hybridized carbons (Fsp3) is 0.583. The number of hydrogen-bond acceptors (Lipinski definition) is 6. The minimum atomic E-state index is -0.187. The van der Waals surface area contributed by atoms with Crippen molar-refractivity contribution in [1.29, 1.82) is 0 Å². The van der Waals surface area contributed by atoms with Crippen LogP contribution in [0.25, 0.3) is 0 Å². The van der Waals surface area contributed by atoms with Crippen LogP contribution in [0.4, 0.5) is 5.13 Å². The predicted molar refractivity (Wildman–Crippen MR) is 126 cm³/mol. The summed E-state index contributed by atoms with van der Waals surface area (Å²) in [5.74, 6) is 1.91. The molecule has 0 unspecified atom stereocenters. The summed E-state index contributed by atoms with van der Waals surface area (Å²) in [6.07, 6.45) is 4.55. The number of ether oxygens (including phenoxy) is 2. The quantitative estimate of drug-likeness (QED) is 0.488. The molecule has 7 heteroatoms. The van der Waals surface area contributed by atoms with E-state index < -0.39 is 0 Å². The first-order valence-electron chi connectivity index (χ1n) is 11.4. The average molecular weight is 446 g/mol. The summed E-state index contributed by atoms with van der Waals surface area (Å²) in [5, 5.41) is 3.60. The van der Waals surface area contributed by atoms with Crippen molar-refractivity contribution in [2.45, 2.75) is 59.9 Å². The van der Waals surface area contributed by atoms with E-state index in [0.29, 0.717) is 35.4 Å². The number of nitrogens with one attached hydrogen (secondary N) is 1. The lowest BCUT2D eigenvalue weighted by atomic mass is 9.99. The van der Waals surface area contributed by atoms with Gasteiger partial charge in [0.2, 0.25) is 0 Å². The van der Waals surface area contributed by atoms with Crippen molar-refractivity contribution in [3.05, 3.63) is 34.3 Å². The van der Waals surface area contributed by atoms with Crippen LogP contribution in [-0.4, -0.2) is 42.1 Å². The van der Waals surface area contributed by atoms with Gasteiger partial charge >= 0.3 is 0 Å². The van der Waals surface area contributed by atoms with E-state index in [-0.39, 0.29) is 5.91 Å². The number of thiazole rings is 1. The van der Waals surface area contributed by atoms with E-state index in [1.807, 2.05) is 19.9 Å². The van der Waals surface area contributed by atoms with Crippen molar-refractivity contribution in [2.75, 3.05) is 31.6 Å². The third kappa shape index (κ3) is 6.68. The Hall–Kier alpha value is -2.12. The summed E-state index contributed by atoms with van der Waals surface area (Å²) in [6, 6.07) is 5.33. The molecular formula is C24H35N3O3S. The number of rotatable bonds is 10. The van der Waals surface area contributed by atoms with Gasteiger partial charge in [0.15, 0.2) is 16.6 Å². The highest BCUT2D eigenvalue weighted by atomic mass is 32.1. The van der Waals surface area contributed by atoms with Crippen LogP contribution < -0.4 is 14.8 Å². The fourth-order valence-electron chi connectivity index (χ4n) is 3.58. The molecule has 1 aromatic carbocycles. The number of hydrogen-bond donors (Lipinski definition) is 1. The van der Waals surface area contributed by atoms with Crippen molar-refractivity contribution in [2.24, 2.45) is 5.92 Å². The number of aryl methyl sites for hydroxylation is 1. The number of likely N-dealkylation sites (tertiary alicyclic amines) is 1. The van der Waals surface area contributed by atoms with Gasteiger partial charge in [0, 0.05) is 17.0 Å². The van der Waals surface area contributed by atoms with Gasteiger partial charge in [-0.2, -0.15) is 0 Å². The zero-order chi connectivity index (χ0) is 22.2. The lowest BCUT2D eigenvalue weighted by Gasteiger charge is -2.29. The van der Waals surface area contributed by atoms with E-state index in [9.17, 15) is 4.79 Å². The molecule has 3 rings (SSSR count). The smallest absolute Gasteiger partial charge is 0.257 e. The third-order valence-corrected chi connectivity index (χ3v) is 6.68. The number of nitrogens with zero attached hydrogens (tertiary/aromatic N) is 2. The largest absolute Gasteiger partial charge is 0.490 e. The van der Waals surface area contributed by atoms with Crippen LogP contribution in [0.1, 0.15) is 67.4 Å². The zero-order valence-electron chi connectivity index (χ0n) is 19.2. The van der Waals surface area contributed by atoms with Crippen LogP contribution in [0.2, 0.25) is 0 Å². The first-order chi connectivity index (χ1) is 15.0. The van der Waals surface area contributed by atoms with E-state index in [4.69, 9.17) is 9.47 Å². The molecule has 0 atom stereocenters.